The Morgan fingerprint density at radius 1 is 0.952 bits per heavy atom. The Bertz CT molecular complexity index is 664. The van der Waals surface area contributed by atoms with E-state index in [0.29, 0.717) is 12.3 Å². The highest BCUT2D eigenvalue weighted by Gasteiger charge is 2.12. The normalized spacial score (nSPS) is 11.6. The van der Waals surface area contributed by atoms with Crippen molar-refractivity contribution in [1.82, 2.24) is 4.72 Å². The third kappa shape index (κ3) is 4.88. The van der Waals surface area contributed by atoms with Gasteiger partial charge in [-0.3, -0.25) is 0 Å². The van der Waals surface area contributed by atoms with Gasteiger partial charge in [0.1, 0.15) is 5.75 Å². The molecule has 0 aliphatic rings. The van der Waals surface area contributed by atoms with E-state index in [4.69, 9.17) is 4.18 Å². The summed E-state index contributed by atoms with van der Waals surface area (Å²) < 4.78 is 30.9. The van der Waals surface area contributed by atoms with Crippen LogP contribution in [0.3, 0.4) is 0 Å². The third-order valence-corrected chi connectivity index (χ3v) is 3.77. The molecule has 0 aliphatic heterocycles. The largest absolute Gasteiger partial charge is 0.382 e. The maximum atomic E-state index is 11.7. The van der Waals surface area contributed by atoms with Gasteiger partial charge < -0.3 is 4.18 Å². The number of hydrogen-bond donors (Lipinski definition) is 1. The summed E-state index contributed by atoms with van der Waals surface area (Å²) in [6.07, 6.45) is 0. The van der Waals surface area contributed by atoms with Crippen LogP contribution >= 0.6 is 0 Å². The zero-order valence-electron chi connectivity index (χ0n) is 12.1. The van der Waals surface area contributed by atoms with Crippen molar-refractivity contribution < 1.29 is 12.6 Å². The molecule has 0 heterocycles. The zero-order chi connectivity index (χ0) is 15.3. The molecule has 1 N–H and O–H groups in total. The SMILES string of the molecule is CC(C)CNS(=O)(=O)Oc1ccc(-c2ccccc2)cc1. The molecule has 4 nitrogen and oxygen atoms in total. The minimum absolute atomic E-state index is 0.226. The molecule has 0 unspecified atom stereocenters. The Balaban J connectivity index is 2.06. The Hall–Kier alpha value is -1.85. The first-order valence-electron chi connectivity index (χ1n) is 6.81. The van der Waals surface area contributed by atoms with Crippen LogP contribution in [0.5, 0.6) is 5.75 Å². The molecule has 2 aromatic rings. The van der Waals surface area contributed by atoms with Gasteiger partial charge in [0.25, 0.3) is 0 Å². The van der Waals surface area contributed by atoms with E-state index in [1.807, 2.05) is 56.3 Å². The highest BCUT2D eigenvalue weighted by atomic mass is 32.2. The molecule has 0 fully saturated rings. The molecule has 0 aromatic heterocycles. The van der Waals surface area contributed by atoms with E-state index in [-0.39, 0.29) is 5.92 Å². The molecule has 21 heavy (non-hydrogen) atoms. The quantitative estimate of drug-likeness (QED) is 0.891. The summed E-state index contributed by atoms with van der Waals surface area (Å²) >= 11 is 0. The van der Waals surface area contributed by atoms with E-state index in [9.17, 15) is 8.42 Å². The average molecular weight is 305 g/mol. The highest BCUT2D eigenvalue weighted by molar-refractivity contribution is 7.85. The zero-order valence-corrected chi connectivity index (χ0v) is 12.9. The van der Waals surface area contributed by atoms with Crippen LogP contribution in [0.2, 0.25) is 0 Å². The van der Waals surface area contributed by atoms with E-state index < -0.39 is 10.3 Å². The summed E-state index contributed by atoms with van der Waals surface area (Å²) in [4.78, 5) is 0. The van der Waals surface area contributed by atoms with Crippen LogP contribution < -0.4 is 8.91 Å². The summed E-state index contributed by atoms with van der Waals surface area (Å²) in [6, 6.07) is 16.8. The predicted molar refractivity (Wildman–Crippen MR) is 84.3 cm³/mol. The van der Waals surface area contributed by atoms with Crippen LogP contribution in [0.15, 0.2) is 54.6 Å². The van der Waals surface area contributed by atoms with E-state index in [1.165, 1.54) is 0 Å². The second-order valence-electron chi connectivity index (χ2n) is 5.17. The summed E-state index contributed by atoms with van der Waals surface area (Å²) in [5, 5.41) is 0. The fraction of sp³-hybridized carbons (Fsp3) is 0.250. The van der Waals surface area contributed by atoms with E-state index in [0.717, 1.165) is 11.1 Å². The van der Waals surface area contributed by atoms with Gasteiger partial charge in [0.2, 0.25) is 0 Å². The molecule has 0 amide bonds. The lowest BCUT2D eigenvalue weighted by molar-refractivity contribution is 0.463. The molecule has 0 spiro atoms. The van der Waals surface area contributed by atoms with Crippen molar-refractivity contribution in [2.45, 2.75) is 13.8 Å². The summed E-state index contributed by atoms with van der Waals surface area (Å²) in [6.45, 7) is 4.21. The van der Waals surface area contributed by atoms with Gasteiger partial charge in [-0.1, -0.05) is 56.3 Å². The van der Waals surface area contributed by atoms with Crippen LogP contribution in [0, 0.1) is 5.92 Å². The van der Waals surface area contributed by atoms with Crippen molar-refractivity contribution in [2.75, 3.05) is 6.54 Å². The molecule has 0 aliphatic carbocycles. The van der Waals surface area contributed by atoms with Crippen LogP contribution in [-0.4, -0.2) is 15.0 Å². The van der Waals surface area contributed by atoms with Crippen molar-refractivity contribution in [2.24, 2.45) is 5.92 Å². The predicted octanol–water partition coefficient (Wildman–Crippen LogP) is 3.22. The fourth-order valence-corrected chi connectivity index (χ4v) is 2.72. The molecular formula is C16H19NO3S. The number of hydrogen-bond acceptors (Lipinski definition) is 3. The lowest BCUT2D eigenvalue weighted by Gasteiger charge is -2.10. The van der Waals surface area contributed by atoms with Gasteiger partial charge in [-0.2, -0.15) is 13.1 Å². The van der Waals surface area contributed by atoms with Gasteiger partial charge in [-0.15, -0.1) is 0 Å². The Morgan fingerprint density at radius 2 is 1.52 bits per heavy atom. The van der Waals surface area contributed by atoms with Crippen molar-refractivity contribution in [1.29, 1.82) is 0 Å². The standard InChI is InChI=1S/C16H19NO3S/c1-13(2)12-17-21(18,19)20-16-10-8-15(9-11-16)14-6-4-3-5-7-14/h3-11,13,17H,12H2,1-2H3. The lowest BCUT2D eigenvalue weighted by atomic mass is 10.1. The maximum Gasteiger partial charge on any atom is 0.382 e. The van der Waals surface area contributed by atoms with Gasteiger partial charge in [0.15, 0.2) is 0 Å². The van der Waals surface area contributed by atoms with Crippen molar-refractivity contribution in [3.8, 4) is 16.9 Å². The monoisotopic (exact) mass is 305 g/mol. The Labute approximate surface area is 126 Å². The number of rotatable bonds is 6. The lowest BCUT2D eigenvalue weighted by Crippen LogP contribution is -2.31. The van der Waals surface area contributed by atoms with Gasteiger partial charge >= 0.3 is 10.3 Å². The molecule has 0 radical (unpaired) electrons. The molecule has 0 saturated heterocycles. The first-order valence-corrected chi connectivity index (χ1v) is 8.22. The van der Waals surface area contributed by atoms with Gasteiger partial charge in [-0.25, -0.2) is 0 Å². The second-order valence-corrected chi connectivity index (χ2v) is 6.53. The fourth-order valence-electron chi connectivity index (χ4n) is 1.76. The Morgan fingerprint density at radius 3 is 2.10 bits per heavy atom. The first kappa shape index (κ1) is 15.5. The van der Waals surface area contributed by atoms with Crippen LogP contribution in [0.4, 0.5) is 0 Å². The maximum absolute atomic E-state index is 11.7. The molecule has 0 saturated carbocycles. The molecule has 0 bridgehead atoms. The van der Waals surface area contributed by atoms with Gasteiger partial charge in [-0.05, 0) is 29.2 Å². The van der Waals surface area contributed by atoms with Crippen LogP contribution in [-0.2, 0) is 10.3 Å². The third-order valence-electron chi connectivity index (χ3n) is 2.84. The first-order chi connectivity index (χ1) is 9.96. The minimum atomic E-state index is -3.76. The summed E-state index contributed by atoms with van der Waals surface area (Å²) in [7, 11) is -3.76. The van der Waals surface area contributed by atoms with E-state index in [2.05, 4.69) is 4.72 Å². The van der Waals surface area contributed by atoms with Gasteiger partial charge in [0.05, 0.1) is 0 Å². The average Bonchev–Trinajstić information content (AvgIpc) is 2.47. The van der Waals surface area contributed by atoms with Crippen molar-refractivity contribution in [3.05, 3.63) is 54.6 Å². The van der Waals surface area contributed by atoms with E-state index in [1.54, 1.807) is 12.1 Å². The van der Waals surface area contributed by atoms with Crippen LogP contribution in [0.1, 0.15) is 13.8 Å². The van der Waals surface area contributed by atoms with Gasteiger partial charge in [0, 0.05) is 6.54 Å². The topological polar surface area (TPSA) is 55.4 Å². The smallest absolute Gasteiger partial charge is 0.371 e. The number of benzene rings is 2. The second kappa shape index (κ2) is 6.74. The minimum Gasteiger partial charge on any atom is -0.371 e. The molecule has 2 rings (SSSR count). The molecule has 0 atom stereocenters. The van der Waals surface area contributed by atoms with Crippen LogP contribution in [0.25, 0.3) is 11.1 Å². The number of nitrogens with one attached hydrogen (secondary N) is 1. The van der Waals surface area contributed by atoms with Crippen molar-refractivity contribution >= 4 is 10.3 Å². The summed E-state index contributed by atoms with van der Waals surface area (Å²) in [5.41, 5.74) is 2.08. The Kier molecular flexibility index (Phi) is 4.98. The van der Waals surface area contributed by atoms with Crippen molar-refractivity contribution in [3.63, 3.8) is 0 Å². The molecule has 112 valence electrons. The molecule has 5 heteroatoms. The summed E-state index contributed by atoms with van der Waals surface area (Å²) in [5.74, 6) is 0.523. The molecule has 2 aromatic carbocycles. The highest BCUT2D eigenvalue weighted by Crippen LogP contribution is 2.22. The van der Waals surface area contributed by atoms with E-state index >= 15 is 0 Å². The molecular weight excluding hydrogens is 286 g/mol.